The summed E-state index contributed by atoms with van der Waals surface area (Å²) >= 11 is 3.16. The molecule has 1 heterocycles. The first-order valence-corrected chi connectivity index (χ1v) is 8.07. The van der Waals surface area contributed by atoms with Crippen molar-refractivity contribution in [3.63, 3.8) is 0 Å². The molecule has 1 aliphatic rings. The van der Waals surface area contributed by atoms with Crippen LogP contribution in [0.5, 0.6) is 0 Å². The first-order chi connectivity index (χ1) is 9.24. The van der Waals surface area contributed by atoms with Gasteiger partial charge in [0.05, 0.1) is 5.54 Å². The van der Waals surface area contributed by atoms with E-state index >= 15 is 0 Å². The number of nitrogens with one attached hydrogen (secondary N) is 2. The van der Waals surface area contributed by atoms with E-state index in [0.717, 1.165) is 0 Å². The molecule has 0 spiro atoms. The van der Waals surface area contributed by atoms with E-state index in [-0.39, 0.29) is 4.90 Å². The topological polar surface area (TPSA) is 78.5 Å². The molecule has 20 heavy (non-hydrogen) atoms. The van der Waals surface area contributed by atoms with Gasteiger partial charge >= 0.3 is 6.03 Å². The summed E-state index contributed by atoms with van der Waals surface area (Å²) in [6.45, 7) is 3.57. The first-order valence-electron chi connectivity index (χ1n) is 5.79. The summed E-state index contributed by atoms with van der Waals surface area (Å²) in [7, 11) is -3.93. The molecule has 0 unspecified atom stereocenters. The number of urea groups is 1. The molecule has 0 bridgehead atoms. The van der Waals surface area contributed by atoms with Gasteiger partial charge in [-0.3, -0.25) is 0 Å². The second-order valence-electron chi connectivity index (χ2n) is 4.79. The molecule has 2 N–H and O–H groups in total. The molecule has 2 amide bonds. The highest BCUT2D eigenvalue weighted by Crippen LogP contribution is 2.22. The van der Waals surface area contributed by atoms with Crippen LogP contribution in [0.15, 0.2) is 45.9 Å². The number of hydrogen-bond donors (Lipinski definition) is 2. The lowest BCUT2D eigenvalue weighted by molar-refractivity contribution is 0.152. The molecule has 2 rings (SSSR count). The Morgan fingerprint density at radius 3 is 2.55 bits per heavy atom. The van der Waals surface area contributed by atoms with Crippen LogP contribution in [-0.4, -0.2) is 25.0 Å². The van der Waals surface area contributed by atoms with E-state index in [9.17, 15) is 13.2 Å². The van der Waals surface area contributed by atoms with Gasteiger partial charge in [-0.1, -0.05) is 12.1 Å². The highest BCUT2D eigenvalue weighted by atomic mass is 79.9. The average molecular weight is 360 g/mol. The van der Waals surface area contributed by atoms with E-state index in [1.54, 1.807) is 44.3 Å². The van der Waals surface area contributed by atoms with E-state index < -0.39 is 21.6 Å². The molecule has 8 heteroatoms. The Kier molecular flexibility index (Phi) is 3.79. The van der Waals surface area contributed by atoms with Crippen LogP contribution in [0.4, 0.5) is 4.79 Å². The molecule has 1 aliphatic heterocycles. The Hall–Kier alpha value is -1.54. The van der Waals surface area contributed by atoms with Crippen LogP contribution in [0.2, 0.25) is 0 Å². The summed E-state index contributed by atoms with van der Waals surface area (Å²) in [5.41, 5.74) is 2.10. The Labute approximate surface area is 126 Å². The summed E-state index contributed by atoms with van der Waals surface area (Å²) in [5.74, 6) is 0. The molecule has 0 fully saturated rings. The second-order valence-corrected chi connectivity index (χ2v) is 7.30. The molecule has 0 radical (unpaired) electrons. The molecule has 1 aromatic rings. The Balaban J connectivity index is 2.22. The van der Waals surface area contributed by atoms with Gasteiger partial charge < -0.3 is 5.43 Å². The summed E-state index contributed by atoms with van der Waals surface area (Å²) in [6, 6.07) is 5.55. The molecule has 0 saturated heterocycles. The summed E-state index contributed by atoms with van der Waals surface area (Å²) in [4.78, 5) is 12.1. The fourth-order valence-corrected chi connectivity index (χ4v) is 3.69. The largest absolute Gasteiger partial charge is 0.350 e. The van der Waals surface area contributed by atoms with Crippen molar-refractivity contribution in [2.75, 3.05) is 0 Å². The third kappa shape index (κ3) is 2.80. The lowest BCUT2D eigenvalue weighted by Crippen LogP contribution is -2.54. The maximum absolute atomic E-state index is 12.2. The fourth-order valence-electron chi connectivity index (χ4n) is 1.76. The zero-order valence-electron chi connectivity index (χ0n) is 10.9. The monoisotopic (exact) mass is 359 g/mol. The minimum Gasteiger partial charge on any atom is -0.301 e. The number of hydrogen-bond acceptors (Lipinski definition) is 4. The number of sulfonamides is 1. The Bertz CT molecular complexity index is 670. The van der Waals surface area contributed by atoms with Gasteiger partial charge in [-0.2, -0.15) is 0 Å². The van der Waals surface area contributed by atoms with Crippen LogP contribution in [0, 0.1) is 0 Å². The van der Waals surface area contributed by atoms with Crippen LogP contribution in [0.1, 0.15) is 13.8 Å². The molecule has 0 aliphatic carbocycles. The van der Waals surface area contributed by atoms with Gasteiger partial charge in [0, 0.05) is 10.7 Å². The Morgan fingerprint density at radius 2 is 2.00 bits per heavy atom. The van der Waals surface area contributed by atoms with Crippen molar-refractivity contribution >= 4 is 32.0 Å². The molecule has 6 nitrogen and oxygen atoms in total. The van der Waals surface area contributed by atoms with Gasteiger partial charge in [0.2, 0.25) is 0 Å². The summed E-state index contributed by atoms with van der Waals surface area (Å²) < 4.78 is 26.8. The lowest BCUT2D eigenvalue weighted by atomic mass is 10.1. The molecule has 1 aromatic carbocycles. The maximum atomic E-state index is 12.2. The van der Waals surface area contributed by atoms with Crippen molar-refractivity contribution in [3.05, 3.63) is 41.0 Å². The van der Waals surface area contributed by atoms with Gasteiger partial charge in [-0.15, -0.1) is 0 Å². The molecular formula is C12H14BrN3O3S. The molecule has 108 valence electrons. The van der Waals surface area contributed by atoms with Gasteiger partial charge in [-0.25, -0.2) is 22.9 Å². The Morgan fingerprint density at radius 1 is 1.35 bits per heavy atom. The highest BCUT2D eigenvalue weighted by Gasteiger charge is 2.34. The van der Waals surface area contributed by atoms with Crippen LogP contribution in [0.25, 0.3) is 0 Å². The number of carbonyl (C=O) groups excluding carboxylic acids is 1. The van der Waals surface area contributed by atoms with Crippen molar-refractivity contribution in [1.29, 1.82) is 0 Å². The standard InChI is InChI=1S/C12H14BrN3O3S/c1-12(2)7-8-14-16(12)11(17)15-20(18,19)10-6-4-3-5-9(10)13/h3-8,14H,1-2H3,(H,15,17). The zero-order chi connectivity index (χ0) is 15.0. The van der Waals surface area contributed by atoms with Crippen molar-refractivity contribution < 1.29 is 13.2 Å². The number of amides is 2. The minimum atomic E-state index is -3.93. The van der Waals surface area contributed by atoms with Gasteiger partial charge in [0.15, 0.2) is 0 Å². The predicted octanol–water partition coefficient (Wildman–Crippen LogP) is 1.96. The molecule has 0 atom stereocenters. The lowest BCUT2D eigenvalue weighted by Gasteiger charge is -2.30. The molecule has 0 saturated carbocycles. The van der Waals surface area contributed by atoms with Crippen molar-refractivity contribution in [2.24, 2.45) is 0 Å². The van der Waals surface area contributed by atoms with Crippen LogP contribution in [0.3, 0.4) is 0 Å². The van der Waals surface area contributed by atoms with Crippen molar-refractivity contribution in [2.45, 2.75) is 24.3 Å². The van der Waals surface area contributed by atoms with E-state index in [1.165, 1.54) is 11.1 Å². The normalized spacial score (nSPS) is 16.9. The second kappa shape index (κ2) is 5.10. The van der Waals surface area contributed by atoms with Crippen molar-refractivity contribution in [3.8, 4) is 0 Å². The number of hydrazine groups is 1. The van der Waals surface area contributed by atoms with Crippen LogP contribution < -0.4 is 10.1 Å². The van der Waals surface area contributed by atoms with Crippen LogP contribution in [-0.2, 0) is 10.0 Å². The van der Waals surface area contributed by atoms with E-state index in [2.05, 4.69) is 21.4 Å². The number of benzene rings is 1. The fraction of sp³-hybridized carbons (Fsp3) is 0.250. The average Bonchev–Trinajstić information content (AvgIpc) is 2.68. The SMILES string of the molecule is CC1(C)C=CNN1C(=O)NS(=O)(=O)c1ccccc1Br. The van der Waals surface area contributed by atoms with Gasteiger partial charge in [-0.05, 0) is 48.0 Å². The van der Waals surface area contributed by atoms with E-state index in [4.69, 9.17) is 0 Å². The third-order valence-electron chi connectivity index (χ3n) is 2.82. The first kappa shape index (κ1) is 14.9. The molecule has 0 aromatic heterocycles. The minimum absolute atomic E-state index is 0.0123. The van der Waals surface area contributed by atoms with E-state index in [1.807, 2.05) is 4.72 Å². The quantitative estimate of drug-likeness (QED) is 0.845. The maximum Gasteiger partial charge on any atom is 0.350 e. The zero-order valence-corrected chi connectivity index (χ0v) is 13.3. The van der Waals surface area contributed by atoms with Crippen molar-refractivity contribution in [1.82, 2.24) is 15.2 Å². The number of carbonyl (C=O) groups is 1. The summed E-state index contributed by atoms with van der Waals surface area (Å²) in [5, 5.41) is 1.21. The number of nitrogens with zero attached hydrogens (tertiary/aromatic N) is 1. The van der Waals surface area contributed by atoms with E-state index in [0.29, 0.717) is 4.47 Å². The van der Waals surface area contributed by atoms with Crippen LogP contribution >= 0.6 is 15.9 Å². The molecular weight excluding hydrogens is 346 g/mol. The summed E-state index contributed by atoms with van der Waals surface area (Å²) in [6.07, 6.45) is 3.35. The smallest absolute Gasteiger partial charge is 0.301 e. The third-order valence-corrected chi connectivity index (χ3v) is 5.15. The number of rotatable bonds is 2. The predicted molar refractivity (Wildman–Crippen MR) is 78.1 cm³/mol. The van der Waals surface area contributed by atoms with Gasteiger partial charge in [0.1, 0.15) is 4.90 Å². The highest BCUT2D eigenvalue weighted by molar-refractivity contribution is 9.10. The number of halogens is 1. The van der Waals surface area contributed by atoms with Gasteiger partial charge in [0.25, 0.3) is 10.0 Å².